The number of nitrogens with one attached hydrogen (secondary N) is 2. The third kappa shape index (κ3) is 4.75. The van der Waals surface area contributed by atoms with Crippen LogP contribution in [-0.4, -0.2) is 42.1 Å². The van der Waals surface area contributed by atoms with Crippen LogP contribution < -0.4 is 21.3 Å². The molecule has 0 spiro atoms. The number of piperazine rings is 1. The lowest BCUT2D eigenvalue weighted by Crippen LogP contribution is -2.43. The Bertz CT molecular complexity index is 1030. The fourth-order valence-corrected chi connectivity index (χ4v) is 3.60. The lowest BCUT2D eigenvalue weighted by Gasteiger charge is -2.30. The zero-order chi connectivity index (χ0) is 20.9. The van der Waals surface area contributed by atoms with Crippen molar-refractivity contribution in [3.63, 3.8) is 0 Å². The molecule has 1 aliphatic heterocycles. The number of amides is 1. The summed E-state index contributed by atoms with van der Waals surface area (Å²) >= 11 is 0. The molecule has 2 heterocycles. The van der Waals surface area contributed by atoms with Gasteiger partial charge in [-0.15, -0.1) is 0 Å². The van der Waals surface area contributed by atoms with Crippen molar-refractivity contribution in [2.75, 3.05) is 36.4 Å². The van der Waals surface area contributed by atoms with Crippen LogP contribution >= 0.6 is 0 Å². The molecule has 7 heteroatoms. The smallest absolute Gasteiger partial charge is 0.227 e. The molecule has 2 aromatic carbocycles. The first-order valence-electron chi connectivity index (χ1n) is 10.1. The monoisotopic (exact) mass is 402 g/mol. The van der Waals surface area contributed by atoms with Crippen LogP contribution in [0.15, 0.2) is 54.7 Å². The number of carbonyl (C=O) groups is 1. The van der Waals surface area contributed by atoms with Crippen molar-refractivity contribution in [1.29, 1.82) is 0 Å². The number of anilines is 3. The van der Waals surface area contributed by atoms with Gasteiger partial charge in [0.2, 0.25) is 11.9 Å². The summed E-state index contributed by atoms with van der Waals surface area (Å²) in [4.78, 5) is 22.5. The Kier molecular flexibility index (Phi) is 5.90. The van der Waals surface area contributed by atoms with Gasteiger partial charge in [0, 0.05) is 49.3 Å². The van der Waals surface area contributed by atoms with Crippen molar-refractivity contribution in [3.05, 3.63) is 65.9 Å². The van der Waals surface area contributed by atoms with Crippen molar-refractivity contribution in [2.24, 2.45) is 5.73 Å². The fourth-order valence-electron chi connectivity index (χ4n) is 3.60. The standard InChI is InChI=1S/C23H26N6O/c1-16-14-19(29-12-10-25-11-13-29)6-7-20(16)27-23-26-9-8-21(28-23)18-4-2-17(3-5-18)15-22(24)30/h2-9,14,25H,10-13,15H2,1H3,(H2,24,30)(H,26,27,28). The second-order valence-corrected chi connectivity index (χ2v) is 7.47. The Labute approximate surface area is 176 Å². The van der Waals surface area contributed by atoms with Crippen molar-refractivity contribution < 1.29 is 4.79 Å². The van der Waals surface area contributed by atoms with E-state index in [9.17, 15) is 4.79 Å². The van der Waals surface area contributed by atoms with Gasteiger partial charge >= 0.3 is 0 Å². The minimum atomic E-state index is -0.338. The van der Waals surface area contributed by atoms with Crippen LogP contribution in [0.25, 0.3) is 11.3 Å². The summed E-state index contributed by atoms with van der Waals surface area (Å²) in [5.41, 5.74) is 11.3. The highest BCUT2D eigenvalue weighted by Gasteiger charge is 2.12. The number of carbonyl (C=O) groups excluding carboxylic acids is 1. The van der Waals surface area contributed by atoms with Crippen molar-refractivity contribution >= 4 is 23.2 Å². The van der Waals surface area contributed by atoms with Gasteiger partial charge in [-0.1, -0.05) is 24.3 Å². The van der Waals surface area contributed by atoms with Gasteiger partial charge in [0.05, 0.1) is 12.1 Å². The first-order chi connectivity index (χ1) is 14.6. The van der Waals surface area contributed by atoms with Crippen LogP contribution in [-0.2, 0) is 11.2 Å². The predicted octanol–water partition coefficient (Wildman–Crippen LogP) is 2.63. The molecule has 7 nitrogen and oxygen atoms in total. The van der Waals surface area contributed by atoms with Crippen LogP contribution in [0.4, 0.5) is 17.3 Å². The number of nitrogens with zero attached hydrogens (tertiary/aromatic N) is 3. The summed E-state index contributed by atoms with van der Waals surface area (Å²) in [5, 5.41) is 6.72. The Morgan fingerprint density at radius 2 is 1.90 bits per heavy atom. The minimum Gasteiger partial charge on any atom is -0.369 e. The van der Waals surface area contributed by atoms with E-state index >= 15 is 0 Å². The van der Waals surface area contributed by atoms with E-state index in [0.29, 0.717) is 5.95 Å². The highest BCUT2D eigenvalue weighted by atomic mass is 16.1. The van der Waals surface area contributed by atoms with Gasteiger partial charge in [-0.2, -0.15) is 0 Å². The molecule has 0 radical (unpaired) electrons. The molecule has 0 aliphatic carbocycles. The van der Waals surface area contributed by atoms with Crippen LogP contribution in [0.2, 0.25) is 0 Å². The third-order valence-electron chi connectivity index (χ3n) is 5.22. The van der Waals surface area contributed by atoms with Crippen LogP contribution in [0.5, 0.6) is 0 Å². The fraction of sp³-hybridized carbons (Fsp3) is 0.261. The summed E-state index contributed by atoms with van der Waals surface area (Å²) < 4.78 is 0. The van der Waals surface area contributed by atoms with E-state index in [4.69, 9.17) is 5.73 Å². The Hall–Kier alpha value is -3.45. The highest BCUT2D eigenvalue weighted by molar-refractivity contribution is 5.77. The summed E-state index contributed by atoms with van der Waals surface area (Å²) in [7, 11) is 0. The molecule has 0 saturated carbocycles. The van der Waals surface area contributed by atoms with E-state index in [1.54, 1.807) is 6.20 Å². The van der Waals surface area contributed by atoms with E-state index in [1.165, 1.54) is 5.69 Å². The quantitative estimate of drug-likeness (QED) is 0.587. The van der Waals surface area contributed by atoms with Gasteiger partial charge < -0.3 is 21.3 Å². The zero-order valence-corrected chi connectivity index (χ0v) is 17.1. The topological polar surface area (TPSA) is 96.2 Å². The molecule has 0 atom stereocenters. The molecule has 154 valence electrons. The first-order valence-corrected chi connectivity index (χ1v) is 10.1. The molecular weight excluding hydrogens is 376 g/mol. The van der Waals surface area contributed by atoms with Crippen LogP contribution in [0.3, 0.4) is 0 Å². The maximum atomic E-state index is 11.1. The number of hydrogen-bond donors (Lipinski definition) is 3. The van der Waals surface area contributed by atoms with Gasteiger partial charge in [-0.3, -0.25) is 4.79 Å². The molecule has 4 N–H and O–H groups in total. The van der Waals surface area contributed by atoms with E-state index < -0.39 is 0 Å². The summed E-state index contributed by atoms with van der Waals surface area (Å²) in [6, 6.07) is 16.0. The molecule has 30 heavy (non-hydrogen) atoms. The number of aryl methyl sites for hydroxylation is 1. The van der Waals surface area contributed by atoms with Gasteiger partial charge in [-0.05, 0) is 42.3 Å². The third-order valence-corrected chi connectivity index (χ3v) is 5.22. The van der Waals surface area contributed by atoms with E-state index in [-0.39, 0.29) is 12.3 Å². The Morgan fingerprint density at radius 3 is 2.60 bits per heavy atom. The molecule has 1 saturated heterocycles. The van der Waals surface area contributed by atoms with E-state index in [1.807, 2.05) is 30.3 Å². The Balaban J connectivity index is 1.49. The maximum Gasteiger partial charge on any atom is 0.227 e. The number of benzene rings is 2. The highest BCUT2D eigenvalue weighted by Crippen LogP contribution is 2.26. The van der Waals surface area contributed by atoms with Crippen LogP contribution in [0.1, 0.15) is 11.1 Å². The van der Waals surface area contributed by atoms with Gasteiger partial charge in [-0.25, -0.2) is 9.97 Å². The zero-order valence-electron chi connectivity index (χ0n) is 17.1. The molecule has 0 unspecified atom stereocenters. The lowest BCUT2D eigenvalue weighted by atomic mass is 10.1. The SMILES string of the molecule is Cc1cc(N2CCNCC2)ccc1Nc1nccc(-c2ccc(CC(N)=O)cc2)n1. The van der Waals surface area contributed by atoms with E-state index in [0.717, 1.165) is 54.3 Å². The molecule has 0 bridgehead atoms. The molecule has 1 aliphatic rings. The van der Waals surface area contributed by atoms with Crippen LogP contribution in [0, 0.1) is 6.92 Å². The average Bonchev–Trinajstić information content (AvgIpc) is 2.76. The van der Waals surface area contributed by atoms with Crippen molar-refractivity contribution in [3.8, 4) is 11.3 Å². The van der Waals surface area contributed by atoms with E-state index in [2.05, 4.69) is 50.6 Å². The molecule has 1 fully saturated rings. The summed E-state index contributed by atoms with van der Waals surface area (Å²) in [6.07, 6.45) is 1.98. The molecule has 1 aromatic heterocycles. The van der Waals surface area contributed by atoms with Gasteiger partial charge in [0.15, 0.2) is 0 Å². The molecule has 1 amide bonds. The average molecular weight is 403 g/mol. The minimum absolute atomic E-state index is 0.236. The number of primary amides is 1. The lowest BCUT2D eigenvalue weighted by molar-refractivity contribution is -0.117. The van der Waals surface area contributed by atoms with Gasteiger partial charge in [0.1, 0.15) is 0 Å². The first kappa shape index (κ1) is 19.8. The number of hydrogen-bond acceptors (Lipinski definition) is 6. The van der Waals surface area contributed by atoms with Crippen molar-refractivity contribution in [2.45, 2.75) is 13.3 Å². The number of rotatable bonds is 6. The summed E-state index contributed by atoms with van der Waals surface area (Å²) in [5.74, 6) is 0.210. The second kappa shape index (κ2) is 8.92. The van der Waals surface area contributed by atoms with Gasteiger partial charge in [0.25, 0.3) is 0 Å². The molecule has 3 aromatic rings. The summed E-state index contributed by atoms with van der Waals surface area (Å²) in [6.45, 7) is 6.17. The van der Waals surface area contributed by atoms with Crippen molar-refractivity contribution in [1.82, 2.24) is 15.3 Å². The normalized spacial score (nSPS) is 13.8. The number of aromatic nitrogens is 2. The molecule has 4 rings (SSSR count). The second-order valence-electron chi connectivity index (χ2n) is 7.47. The Morgan fingerprint density at radius 1 is 1.13 bits per heavy atom. The molecular formula is C23H26N6O. The predicted molar refractivity (Wildman–Crippen MR) is 120 cm³/mol. The number of nitrogens with two attached hydrogens (primary N) is 1. The maximum absolute atomic E-state index is 11.1. The largest absolute Gasteiger partial charge is 0.369 e.